The Kier molecular flexibility index (Phi) is 6.34. The molecule has 2 unspecified atom stereocenters. The van der Waals surface area contributed by atoms with Gasteiger partial charge in [0, 0.05) is 24.7 Å². The third-order valence-electron chi connectivity index (χ3n) is 9.48. The Hall–Kier alpha value is -5.24. The molecule has 3 aliphatic rings. The zero-order valence-electron chi connectivity index (χ0n) is 24.3. The lowest BCUT2D eigenvalue weighted by atomic mass is 9.81. The third kappa shape index (κ3) is 4.12. The highest BCUT2D eigenvalue weighted by molar-refractivity contribution is 5.96. The molecule has 8 heteroatoms. The molecule has 0 radical (unpaired) electrons. The number of rotatable bonds is 6. The lowest BCUT2D eigenvalue weighted by molar-refractivity contribution is 0.0627. The van der Waals surface area contributed by atoms with Gasteiger partial charge in [0.15, 0.2) is 23.1 Å². The van der Waals surface area contributed by atoms with Gasteiger partial charge in [0.25, 0.3) is 5.91 Å². The van der Waals surface area contributed by atoms with Crippen molar-refractivity contribution >= 4 is 5.91 Å². The van der Waals surface area contributed by atoms with Crippen molar-refractivity contribution in [3.63, 3.8) is 0 Å². The van der Waals surface area contributed by atoms with Crippen molar-refractivity contribution in [2.75, 3.05) is 11.7 Å². The SMILES string of the molecule is O=C1c2c(OCc3ccccc3)c(=O)ccn2N(C23c4ccccc4CC2Cc2c3ccc(F)c2F)CN1Cc1ccccc1. The number of halogens is 2. The number of carbonyl (C=O) groups is 1. The van der Waals surface area contributed by atoms with E-state index < -0.39 is 22.6 Å². The van der Waals surface area contributed by atoms with Crippen LogP contribution in [-0.4, -0.2) is 22.2 Å². The van der Waals surface area contributed by atoms with Crippen molar-refractivity contribution in [3.8, 4) is 5.75 Å². The molecule has 4 aromatic carbocycles. The van der Waals surface area contributed by atoms with Crippen LogP contribution in [-0.2, 0) is 31.5 Å². The van der Waals surface area contributed by atoms with Gasteiger partial charge in [0.2, 0.25) is 5.43 Å². The molecule has 6 nitrogen and oxygen atoms in total. The van der Waals surface area contributed by atoms with Gasteiger partial charge >= 0.3 is 0 Å². The molecule has 0 N–H and O–H groups in total. The van der Waals surface area contributed by atoms with E-state index in [-0.39, 0.29) is 43.1 Å². The molecular weight excluding hydrogens is 572 g/mol. The van der Waals surface area contributed by atoms with Gasteiger partial charge in [-0.1, -0.05) is 91.0 Å². The molecule has 0 fully saturated rings. The number of ether oxygens (including phenoxy) is 1. The summed E-state index contributed by atoms with van der Waals surface area (Å²) in [7, 11) is 0. The van der Waals surface area contributed by atoms with E-state index in [1.165, 1.54) is 12.1 Å². The molecule has 0 saturated heterocycles. The number of hydrogen-bond donors (Lipinski definition) is 0. The Bertz CT molecular complexity index is 2010. The normalized spacial score (nSPS) is 19.6. The van der Waals surface area contributed by atoms with Crippen LogP contribution in [0, 0.1) is 17.6 Å². The highest BCUT2D eigenvalue weighted by Crippen LogP contribution is 2.57. The summed E-state index contributed by atoms with van der Waals surface area (Å²) in [6, 6.07) is 31.5. The average molecular weight is 602 g/mol. The van der Waals surface area contributed by atoms with Crippen molar-refractivity contribution in [1.29, 1.82) is 0 Å². The molecule has 1 amide bonds. The lowest BCUT2D eigenvalue weighted by Gasteiger charge is -2.50. The Morgan fingerprint density at radius 3 is 2.27 bits per heavy atom. The van der Waals surface area contributed by atoms with Gasteiger partial charge in [-0.05, 0) is 52.3 Å². The number of pyridine rings is 1. The number of aromatic nitrogens is 1. The Balaban J connectivity index is 1.35. The van der Waals surface area contributed by atoms with Crippen molar-refractivity contribution in [2.24, 2.45) is 5.92 Å². The molecule has 2 heterocycles. The second kappa shape index (κ2) is 10.4. The summed E-state index contributed by atoms with van der Waals surface area (Å²) in [5.74, 6) is -2.25. The van der Waals surface area contributed by atoms with Gasteiger partial charge in [-0.25, -0.2) is 8.78 Å². The van der Waals surface area contributed by atoms with Gasteiger partial charge in [-0.15, -0.1) is 0 Å². The van der Waals surface area contributed by atoms with Crippen LogP contribution in [0.3, 0.4) is 0 Å². The minimum absolute atomic E-state index is 0.0446. The summed E-state index contributed by atoms with van der Waals surface area (Å²) < 4.78 is 38.0. The summed E-state index contributed by atoms with van der Waals surface area (Å²) in [6.45, 7) is 0.526. The summed E-state index contributed by atoms with van der Waals surface area (Å²) >= 11 is 0. The second-order valence-electron chi connectivity index (χ2n) is 11.9. The van der Waals surface area contributed by atoms with Crippen molar-refractivity contribution < 1.29 is 18.3 Å². The van der Waals surface area contributed by atoms with Crippen LogP contribution in [0.25, 0.3) is 0 Å². The molecule has 2 aliphatic carbocycles. The molecule has 224 valence electrons. The summed E-state index contributed by atoms with van der Waals surface area (Å²) in [6.07, 6.45) is 2.60. The molecule has 8 rings (SSSR count). The fourth-order valence-corrected chi connectivity index (χ4v) is 7.60. The fraction of sp³-hybridized carbons (Fsp3) is 0.189. The molecule has 2 atom stereocenters. The maximum absolute atomic E-state index is 15.5. The maximum atomic E-state index is 15.5. The smallest absolute Gasteiger partial charge is 0.278 e. The van der Waals surface area contributed by atoms with Gasteiger partial charge in [-0.2, -0.15) is 0 Å². The fourth-order valence-electron chi connectivity index (χ4n) is 7.60. The number of carbonyl (C=O) groups excluding carboxylic acids is 1. The molecule has 45 heavy (non-hydrogen) atoms. The van der Waals surface area contributed by atoms with Crippen LogP contribution in [0.1, 0.15) is 43.9 Å². The quantitative estimate of drug-likeness (QED) is 0.242. The topological polar surface area (TPSA) is 54.8 Å². The minimum Gasteiger partial charge on any atom is -0.482 e. The van der Waals surface area contributed by atoms with Crippen LogP contribution < -0.4 is 15.2 Å². The van der Waals surface area contributed by atoms with Gasteiger partial charge < -0.3 is 9.64 Å². The molecule has 5 aromatic rings. The number of hydrogen-bond acceptors (Lipinski definition) is 4. The van der Waals surface area contributed by atoms with Crippen LogP contribution in [0.2, 0.25) is 0 Å². The summed E-state index contributed by atoms with van der Waals surface area (Å²) in [5.41, 5.74) is 3.65. The zero-order chi connectivity index (χ0) is 30.7. The van der Waals surface area contributed by atoms with Crippen molar-refractivity contribution in [1.82, 2.24) is 9.58 Å². The van der Waals surface area contributed by atoms with E-state index in [9.17, 15) is 14.0 Å². The molecular formula is C37H29F2N3O3. The van der Waals surface area contributed by atoms with Crippen molar-refractivity contribution in [2.45, 2.75) is 31.5 Å². The Labute approximate surface area is 258 Å². The third-order valence-corrected chi connectivity index (χ3v) is 9.48. The van der Waals surface area contributed by atoms with Crippen molar-refractivity contribution in [3.05, 3.63) is 170 Å². The minimum atomic E-state index is -0.934. The molecule has 1 aromatic heterocycles. The standard InChI is InChI=1S/C37H29F2N3O3/c38-31-16-15-30-28(33(31)39)20-27-19-26-13-7-8-14-29(26)37(27,30)42-23-40(21-24-9-3-1-4-10-24)36(44)34-35(32(43)17-18-41(34)42)45-22-25-11-5-2-6-12-25/h1-18,27H,19-23H2. The molecule has 0 saturated carbocycles. The maximum Gasteiger partial charge on any atom is 0.278 e. The van der Waals surface area contributed by atoms with Gasteiger partial charge in [-0.3, -0.25) is 19.3 Å². The van der Waals surface area contributed by atoms with E-state index in [4.69, 9.17) is 4.74 Å². The monoisotopic (exact) mass is 601 g/mol. The number of amides is 1. The van der Waals surface area contributed by atoms with E-state index in [1.54, 1.807) is 21.8 Å². The van der Waals surface area contributed by atoms with E-state index in [2.05, 4.69) is 11.1 Å². The average Bonchev–Trinajstić information content (AvgIpc) is 3.56. The van der Waals surface area contributed by atoms with Crippen LogP contribution in [0.15, 0.2) is 114 Å². The van der Waals surface area contributed by atoms with E-state index in [0.717, 1.165) is 22.3 Å². The van der Waals surface area contributed by atoms with Crippen LogP contribution >= 0.6 is 0 Å². The van der Waals surface area contributed by atoms with E-state index in [0.29, 0.717) is 24.0 Å². The Morgan fingerprint density at radius 1 is 0.778 bits per heavy atom. The highest BCUT2D eigenvalue weighted by atomic mass is 19.2. The van der Waals surface area contributed by atoms with E-state index in [1.807, 2.05) is 78.9 Å². The predicted molar refractivity (Wildman–Crippen MR) is 165 cm³/mol. The first-order chi connectivity index (χ1) is 22.0. The molecule has 0 bridgehead atoms. The summed E-state index contributed by atoms with van der Waals surface area (Å²) in [4.78, 5) is 29.5. The molecule has 1 aliphatic heterocycles. The highest BCUT2D eigenvalue weighted by Gasteiger charge is 2.59. The zero-order valence-corrected chi connectivity index (χ0v) is 24.3. The lowest BCUT2D eigenvalue weighted by Crippen LogP contribution is -2.63. The molecule has 0 spiro atoms. The van der Waals surface area contributed by atoms with Crippen LogP contribution in [0.4, 0.5) is 8.78 Å². The van der Waals surface area contributed by atoms with Gasteiger partial charge in [0.05, 0.1) is 0 Å². The van der Waals surface area contributed by atoms with Crippen LogP contribution in [0.5, 0.6) is 5.75 Å². The predicted octanol–water partition coefficient (Wildman–Crippen LogP) is 5.93. The second-order valence-corrected chi connectivity index (χ2v) is 11.9. The first-order valence-corrected chi connectivity index (χ1v) is 15.1. The van der Waals surface area contributed by atoms with Gasteiger partial charge in [0.1, 0.15) is 18.8 Å². The number of benzene rings is 4. The summed E-state index contributed by atoms with van der Waals surface area (Å²) in [5, 5.41) is 2.06. The first kappa shape index (κ1) is 27.3. The Morgan fingerprint density at radius 2 is 1.49 bits per heavy atom. The number of nitrogens with zero attached hydrogens (tertiary/aromatic N) is 3. The largest absolute Gasteiger partial charge is 0.482 e. The van der Waals surface area contributed by atoms with E-state index >= 15 is 4.39 Å². The first-order valence-electron chi connectivity index (χ1n) is 15.1. The number of fused-ring (bicyclic) bond motifs is 6.